The van der Waals surface area contributed by atoms with Crippen molar-refractivity contribution in [3.8, 4) is 6.07 Å². The Balaban J connectivity index is 1.94. The van der Waals surface area contributed by atoms with Crippen LogP contribution in [0.4, 0.5) is 0 Å². The van der Waals surface area contributed by atoms with Gasteiger partial charge in [0.25, 0.3) is 0 Å². The SMILES string of the molecule is N#CC(CN1CCCCC1)n1ccnc1. The highest BCUT2D eigenvalue weighted by atomic mass is 15.2. The summed E-state index contributed by atoms with van der Waals surface area (Å²) in [6.07, 6.45) is 9.17. The molecule has 0 saturated carbocycles. The van der Waals surface area contributed by atoms with Gasteiger partial charge in [0, 0.05) is 18.9 Å². The van der Waals surface area contributed by atoms with Crippen LogP contribution in [0.5, 0.6) is 0 Å². The number of rotatable bonds is 3. The van der Waals surface area contributed by atoms with Crippen molar-refractivity contribution in [2.45, 2.75) is 25.3 Å². The highest BCUT2D eigenvalue weighted by molar-refractivity contribution is 4.95. The Hall–Kier alpha value is -1.34. The van der Waals surface area contributed by atoms with Gasteiger partial charge in [-0.05, 0) is 25.9 Å². The predicted molar refractivity (Wildman–Crippen MR) is 57.2 cm³/mol. The summed E-state index contributed by atoms with van der Waals surface area (Å²) < 4.78 is 1.88. The van der Waals surface area contributed by atoms with Gasteiger partial charge in [0.05, 0.1) is 12.4 Å². The Morgan fingerprint density at radius 3 is 2.73 bits per heavy atom. The largest absolute Gasteiger partial charge is 0.320 e. The molecular formula is C11H16N4. The van der Waals surface area contributed by atoms with E-state index in [-0.39, 0.29) is 6.04 Å². The van der Waals surface area contributed by atoms with Crippen molar-refractivity contribution in [2.24, 2.45) is 0 Å². The van der Waals surface area contributed by atoms with E-state index in [1.54, 1.807) is 12.5 Å². The number of aromatic nitrogens is 2. The molecule has 1 atom stereocenters. The Kier molecular flexibility index (Phi) is 3.36. The number of piperidine rings is 1. The standard InChI is InChI=1S/C11H16N4/c12-8-11(15-7-4-13-10-15)9-14-5-2-1-3-6-14/h4,7,10-11H,1-3,5-6,9H2. The summed E-state index contributed by atoms with van der Waals surface area (Å²) in [6, 6.07) is 2.24. The third-order valence-corrected chi connectivity index (χ3v) is 2.91. The van der Waals surface area contributed by atoms with Gasteiger partial charge < -0.3 is 9.47 Å². The zero-order chi connectivity index (χ0) is 10.5. The third kappa shape index (κ3) is 2.57. The van der Waals surface area contributed by atoms with Crippen molar-refractivity contribution < 1.29 is 0 Å². The van der Waals surface area contributed by atoms with E-state index in [9.17, 15) is 0 Å². The molecule has 1 aliphatic rings. The van der Waals surface area contributed by atoms with E-state index in [1.807, 2.05) is 10.8 Å². The molecule has 0 aromatic carbocycles. The summed E-state index contributed by atoms with van der Waals surface area (Å²) in [4.78, 5) is 6.35. The first-order chi connectivity index (χ1) is 7.40. The molecule has 1 fully saturated rings. The Bertz CT molecular complexity index is 319. The molecule has 0 amide bonds. The van der Waals surface area contributed by atoms with Gasteiger partial charge in [0.15, 0.2) is 0 Å². The van der Waals surface area contributed by atoms with E-state index >= 15 is 0 Å². The number of hydrogen-bond donors (Lipinski definition) is 0. The van der Waals surface area contributed by atoms with E-state index in [0.717, 1.165) is 19.6 Å². The molecule has 0 aliphatic carbocycles. The van der Waals surface area contributed by atoms with Gasteiger partial charge in [-0.25, -0.2) is 4.98 Å². The lowest BCUT2D eigenvalue weighted by molar-refractivity contribution is 0.211. The van der Waals surface area contributed by atoms with Crippen molar-refractivity contribution in [1.29, 1.82) is 5.26 Å². The van der Waals surface area contributed by atoms with Crippen LogP contribution in [-0.2, 0) is 0 Å². The third-order valence-electron chi connectivity index (χ3n) is 2.91. The first-order valence-corrected chi connectivity index (χ1v) is 5.49. The minimum atomic E-state index is -0.0920. The van der Waals surface area contributed by atoms with Crippen molar-refractivity contribution in [1.82, 2.24) is 14.5 Å². The van der Waals surface area contributed by atoms with Crippen molar-refractivity contribution in [3.63, 3.8) is 0 Å². The van der Waals surface area contributed by atoms with Gasteiger partial charge in [-0.1, -0.05) is 6.42 Å². The first-order valence-electron chi connectivity index (χ1n) is 5.49. The zero-order valence-electron chi connectivity index (χ0n) is 8.84. The molecule has 0 spiro atoms. The van der Waals surface area contributed by atoms with Gasteiger partial charge in [-0.3, -0.25) is 0 Å². The fourth-order valence-electron chi connectivity index (χ4n) is 2.04. The Morgan fingerprint density at radius 1 is 1.33 bits per heavy atom. The van der Waals surface area contributed by atoms with E-state index in [1.165, 1.54) is 19.3 Å². The average molecular weight is 204 g/mol. The molecule has 0 radical (unpaired) electrons. The van der Waals surface area contributed by atoms with Gasteiger partial charge in [0.2, 0.25) is 0 Å². The van der Waals surface area contributed by atoms with Crippen LogP contribution in [0.3, 0.4) is 0 Å². The van der Waals surface area contributed by atoms with E-state index < -0.39 is 0 Å². The number of nitriles is 1. The topological polar surface area (TPSA) is 44.9 Å². The molecule has 15 heavy (non-hydrogen) atoms. The van der Waals surface area contributed by atoms with Crippen LogP contribution in [0.1, 0.15) is 25.3 Å². The van der Waals surface area contributed by atoms with Gasteiger partial charge in [-0.15, -0.1) is 0 Å². The second kappa shape index (κ2) is 4.94. The van der Waals surface area contributed by atoms with E-state index in [4.69, 9.17) is 5.26 Å². The molecule has 0 N–H and O–H groups in total. The van der Waals surface area contributed by atoms with Crippen LogP contribution in [0.2, 0.25) is 0 Å². The fraction of sp³-hybridized carbons (Fsp3) is 0.636. The minimum absolute atomic E-state index is 0.0920. The van der Waals surface area contributed by atoms with Crippen molar-refractivity contribution >= 4 is 0 Å². The second-order valence-corrected chi connectivity index (χ2v) is 4.02. The molecular weight excluding hydrogens is 188 g/mol. The molecule has 0 bridgehead atoms. The zero-order valence-corrected chi connectivity index (χ0v) is 8.84. The van der Waals surface area contributed by atoms with Crippen LogP contribution in [0.25, 0.3) is 0 Å². The molecule has 1 aromatic heterocycles. The minimum Gasteiger partial charge on any atom is -0.320 e. The number of imidazole rings is 1. The first kappa shape index (κ1) is 10.2. The monoisotopic (exact) mass is 204 g/mol. The smallest absolute Gasteiger partial charge is 0.134 e. The lowest BCUT2D eigenvalue weighted by atomic mass is 10.1. The fourth-order valence-corrected chi connectivity index (χ4v) is 2.04. The maximum atomic E-state index is 9.10. The summed E-state index contributed by atoms with van der Waals surface area (Å²) in [5, 5.41) is 9.10. The van der Waals surface area contributed by atoms with E-state index in [0.29, 0.717) is 0 Å². The van der Waals surface area contributed by atoms with Crippen LogP contribution in [-0.4, -0.2) is 34.1 Å². The molecule has 80 valence electrons. The molecule has 2 rings (SSSR count). The maximum Gasteiger partial charge on any atom is 0.134 e. The van der Waals surface area contributed by atoms with Crippen LogP contribution >= 0.6 is 0 Å². The highest BCUT2D eigenvalue weighted by Gasteiger charge is 2.16. The normalized spacial score (nSPS) is 19.7. The Morgan fingerprint density at radius 2 is 2.13 bits per heavy atom. The quantitative estimate of drug-likeness (QED) is 0.748. The van der Waals surface area contributed by atoms with Crippen molar-refractivity contribution in [3.05, 3.63) is 18.7 Å². The summed E-state index contributed by atoms with van der Waals surface area (Å²) in [5.74, 6) is 0. The lowest BCUT2D eigenvalue weighted by Gasteiger charge is -2.28. The molecule has 4 heteroatoms. The molecule has 1 saturated heterocycles. The predicted octanol–water partition coefficient (Wildman–Crippen LogP) is 1.43. The van der Waals surface area contributed by atoms with Crippen LogP contribution in [0.15, 0.2) is 18.7 Å². The lowest BCUT2D eigenvalue weighted by Crippen LogP contribution is -2.34. The summed E-state index contributed by atoms with van der Waals surface area (Å²) in [6.45, 7) is 3.09. The van der Waals surface area contributed by atoms with E-state index in [2.05, 4.69) is 16.0 Å². The molecule has 2 heterocycles. The second-order valence-electron chi connectivity index (χ2n) is 4.02. The summed E-state index contributed by atoms with van der Waals surface area (Å²) in [7, 11) is 0. The van der Waals surface area contributed by atoms with Gasteiger partial charge in [0.1, 0.15) is 6.04 Å². The number of likely N-dealkylation sites (tertiary alicyclic amines) is 1. The summed E-state index contributed by atoms with van der Waals surface area (Å²) >= 11 is 0. The van der Waals surface area contributed by atoms with Crippen LogP contribution in [0, 0.1) is 11.3 Å². The van der Waals surface area contributed by atoms with Gasteiger partial charge >= 0.3 is 0 Å². The maximum absolute atomic E-state index is 9.10. The van der Waals surface area contributed by atoms with Crippen LogP contribution < -0.4 is 0 Å². The Labute approximate surface area is 90.1 Å². The number of hydrogen-bond acceptors (Lipinski definition) is 3. The number of nitrogens with zero attached hydrogens (tertiary/aromatic N) is 4. The average Bonchev–Trinajstić information content (AvgIpc) is 2.81. The molecule has 1 unspecified atom stereocenters. The summed E-state index contributed by atoms with van der Waals surface area (Å²) in [5.41, 5.74) is 0. The molecule has 4 nitrogen and oxygen atoms in total. The van der Waals surface area contributed by atoms with Crippen molar-refractivity contribution in [2.75, 3.05) is 19.6 Å². The molecule has 1 aromatic rings. The molecule has 1 aliphatic heterocycles. The highest BCUT2D eigenvalue weighted by Crippen LogP contribution is 2.13. The van der Waals surface area contributed by atoms with Gasteiger partial charge in [-0.2, -0.15) is 5.26 Å².